The minimum atomic E-state index is 0.383. The molecule has 0 bridgehead atoms. The summed E-state index contributed by atoms with van der Waals surface area (Å²) in [5, 5.41) is 0. The van der Waals surface area contributed by atoms with E-state index in [1.807, 2.05) is 6.08 Å². The van der Waals surface area contributed by atoms with Gasteiger partial charge in [-0.2, -0.15) is 0 Å². The molecule has 0 amide bonds. The van der Waals surface area contributed by atoms with Gasteiger partial charge in [0.1, 0.15) is 0 Å². The van der Waals surface area contributed by atoms with Crippen molar-refractivity contribution in [2.75, 3.05) is 6.61 Å². The molecule has 0 heterocycles. The zero-order valence-corrected chi connectivity index (χ0v) is 9.38. The van der Waals surface area contributed by atoms with Crippen molar-refractivity contribution in [3.63, 3.8) is 0 Å². The molecule has 2 unspecified atom stereocenters. The molecule has 0 aromatic heterocycles. The van der Waals surface area contributed by atoms with Crippen LogP contribution < -0.4 is 0 Å². The van der Waals surface area contributed by atoms with E-state index in [-0.39, 0.29) is 0 Å². The first-order chi connectivity index (χ1) is 6.26. The Kier molecular flexibility index (Phi) is 8.11. The summed E-state index contributed by atoms with van der Waals surface area (Å²) in [6.07, 6.45) is 6.89. The van der Waals surface area contributed by atoms with Crippen molar-refractivity contribution in [1.82, 2.24) is 0 Å². The van der Waals surface area contributed by atoms with Gasteiger partial charge in [-0.05, 0) is 18.8 Å². The Morgan fingerprint density at radius 1 is 1.38 bits per heavy atom. The molecule has 0 aromatic rings. The third-order valence-corrected chi connectivity index (χ3v) is 2.51. The molecule has 13 heavy (non-hydrogen) atoms. The minimum absolute atomic E-state index is 0.383. The van der Waals surface area contributed by atoms with Gasteiger partial charge in [0.2, 0.25) is 0 Å². The molecule has 0 fully saturated rings. The molecule has 0 aliphatic heterocycles. The monoisotopic (exact) mass is 184 g/mol. The number of hydrogen-bond donors (Lipinski definition) is 0. The fourth-order valence-corrected chi connectivity index (χ4v) is 1.27. The lowest BCUT2D eigenvalue weighted by molar-refractivity contribution is 0.0169. The first kappa shape index (κ1) is 12.7. The van der Waals surface area contributed by atoms with Gasteiger partial charge in [-0.1, -0.05) is 39.7 Å². The molecule has 0 spiro atoms. The van der Waals surface area contributed by atoms with Crippen LogP contribution in [0.1, 0.15) is 46.5 Å². The Balaban J connectivity index is 3.72. The normalized spacial score (nSPS) is 15.3. The van der Waals surface area contributed by atoms with Crippen molar-refractivity contribution >= 4 is 0 Å². The van der Waals surface area contributed by atoms with Gasteiger partial charge < -0.3 is 4.74 Å². The second-order valence-corrected chi connectivity index (χ2v) is 3.67. The zero-order valence-electron chi connectivity index (χ0n) is 9.38. The van der Waals surface area contributed by atoms with Crippen molar-refractivity contribution in [3.05, 3.63) is 12.7 Å². The number of rotatable bonds is 8. The lowest BCUT2D eigenvalue weighted by Crippen LogP contribution is -2.21. The molecule has 0 aromatic carbocycles. The summed E-state index contributed by atoms with van der Waals surface area (Å²) >= 11 is 0. The van der Waals surface area contributed by atoms with Crippen LogP contribution in [0.2, 0.25) is 0 Å². The molecule has 0 N–H and O–H groups in total. The van der Waals surface area contributed by atoms with Crippen molar-refractivity contribution in [2.24, 2.45) is 5.92 Å². The van der Waals surface area contributed by atoms with Gasteiger partial charge >= 0.3 is 0 Å². The van der Waals surface area contributed by atoms with Crippen LogP contribution in [-0.4, -0.2) is 12.7 Å². The predicted octanol–water partition coefficient (Wildman–Crippen LogP) is 3.79. The second-order valence-electron chi connectivity index (χ2n) is 3.67. The van der Waals surface area contributed by atoms with E-state index in [2.05, 4.69) is 27.4 Å². The van der Waals surface area contributed by atoms with E-state index >= 15 is 0 Å². The molecule has 0 aliphatic rings. The quantitative estimate of drug-likeness (QED) is 0.412. The average molecular weight is 184 g/mol. The number of unbranched alkanes of at least 4 members (excludes halogenated alkanes) is 1. The van der Waals surface area contributed by atoms with Gasteiger partial charge in [-0.3, -0.25) is 0 Å². The van der Waals surface area contributed by atoms with Crippen LogP contribution in [0.25, 0.3) is 0 Å². The van der Waals surface area contributed by atoms with E-state index in [9.17, 15) is 0 Å². The highest BCUT2D eigenvalue weighted by Gasteiger charge is 2.13. The van der Waals surface area contributed by atoms with E-state index in [1.165, 1.54) is 19.3 Å². The van der Waals surface area contributed by atoms with E-state index in [1.54, 1.807) is 0 Å². The van der Waals surface area contributed by atoms with Crippen LogP contribution in [0, 0.1) is 5.92 Å². The summed E-state index contributed by atoms with van der Waals surface area (Å²) in [6, 6.07) is 0. The summed E-state index contributed by atoms with van der Waals surface area (Å²) < 4.78 is 5.80. The first-order valence-corrected chi connectivity index (χ1v) is 5.48. The lowest BCUT2D eigenvalue weighted by atomic mass is 9.99. The molecule has 0 rings (SSSR count). The summed E-state index contributed by atoms with van der Waals surface area (Å²) in [7, 11) is 0. The van der Waals surface area contributed by atoms with Crippen LogP contribution in [0.15, 0.2) is 12.7 Å². The van der Waals surface area contributed by atoms with Gasteiger partial charge in [0.25, 0.3) is 0 Å². The molecule has 2 atom stereocenters. The highest BCUT2D eigenvalue weighted by atomic mass is 16.5. The van der Waals surface area contributed by atoms with E-state index in [4.69, 9.17) is 4.74 Å². The third-order valence-electron chi connectivity index (χ3n) is 2.51. The Morgan fingerprint density at radius 3 is 2.54 bits per heavy atom. The molecular weight excluding hydrogens is 160 g/mol. The van der Waals surface area contributed by atoms with E-state index < -0.39 is 0 Å². The zero-order chi connectivity index (χ0) is 10.1. The van der Waals surface area contributed by atoms with Gasteiger partial charge in [-0.15, -0.1) is 6.58 Å². The number of ether oxygens (including phenoxy) is 1. The largest absolute Gasteiger partial charge is 0.378 e. The molecule has 0 aliphatic carbocycles. The fourth-order valence-electron chi connectivity index (χ4n) is 1.27. The van der Waals surface area contributed by atoms with Crippen molar-refractivity contribution < 1.29 is 4.74 Å². The van der Waals surface area contributed by atoms with Crippen LogP contribution in [0.5, 0.6) is 0 Å². The van der Waals surface area contributed by atoms with Crippen LogP contribution in [0.4, 0.5) is 0 Å². The van der Waals surface area contributed by atoms with Gasteiger partial charge in [0.05, 0.1) is 6.10 Å². The second kappa shape index (κ2) is 8.31. The molecule has 0 saturated carbocycles. The maximum Gasteiger partial charge on any atom is 0.0634 e. The molecule has 1 nitrogen and oxygen atoms in total. The number of hydrogen-bond acceptors (Lipinski definition) is 1. The van der Waals surface area contributed by atoms with E-state index in [0.717, 1.165) is 13.0 Å². The first-order valence-electron chi connectivity index (χ1n) is 5.48. The Bertz CT molecular complexity index is 120. The summed E-state index contributed by atoms with van der Waals surface area (Å²) in [5.41, 5.74) is 0. The van der Waals surface area contributed by atoms with Crippen molar-refractivity contribution in [2.45, 2.75) is 52.6 Å². The summed E-state index contributed by atoms with van der Waals surface area (Å²) in [5.74, 6) is 0.648. The summed E-state index contributed by atoms with van der Waals surface area (Å²) in [4.78, 5) is 0. The standard InChI is InChI=1S/C12H24O/c1-5-8-10-13-12(9-6-2)11(4)7-3/h6,11-12H,2,5,7-10H2,1,3-4H3. The smallest absolute Gasteiger partial charge is 0.0634 e. The van der Waals surface area contributed by atoms with Crippen molar-refractivity contribution in [1.29, 1.82) is 0 Å². The van der Waals surface area contributed by atoms with Crippen LogP contribution in [0.3, 0.4) is 0 Å². The highest BCUT2D eigenvalue weighted by Crippen LogP contribution is 2.15. The topological polar surface area (TPSA) is 9.23 Å². The molecule has 0 radical (unpaired) electrons. The SMILES string of the molecule is C=CCC(OCCCC)C(C)CC. The maximum atomic E-state index is 5.80. The van der Waals surface area contributed by atoms with Gasteiger partial charge in [0, 0.05) is 6.61 Å². The van der Waals surface area contributed by atoms with Crippen LogP contribution in [-0.2, 0) is 4.74 Å². The molecule has 0 saturated heterocycles. The Morgan fingerprint density at radius 2 is 2.08 bits per heavy atom. The summed E-state index contributed by atoms with van der Waals surface area (Å²) in [6.45, 7) is 11.3. The van der Waals surface area contributed by atoms with Crippen molar-refractivity contribution in [3.8, 4) is 0 Å². The maximum absolute atomic E-state index is 5.80. The van der Waals surface area contributed by atoms with Gasteiger partial charge in [0.15, 0.2) is 0 Å². The third kappa shape index (κ3) is 5.87. The highest BCUT2D eigenvalue weighted by molar-refractivity contribution is 4.76. The lowest BCUT2D eigenvalue weighted by Gasteiger charge is -2.22. The molecular formula is C12H24O. The Hall–Kier alpha value is -0.300. The van der Waals surface area contributed by atoms with Gasteiger partial charge in [-0.25, -0.2) is 0 Å². The van der Waals surface area contributed by atoms with E-state index in [0.29, 0.717) is 12.0 Å². The predicted molar refractivity (Wildman–Crippen MR) is 58.9 cm³/mol. The Labute approximate surface area is 83.2 Å². The van der Waals surface area contributed by atoms with Crippen LogP contribution >= 0.6 is 0 Å². The minimum Gasteiger partial charge on any atom is -0.378 e. The molecule has 1 heteroatoms. The fraction of sp³-hybridized carbons (Fsp3) is 0.833. The molecule has 78 valence electrons. The average Bonchev–Trinajstić information content (AvgIpc) is 2.16.